The van der Waals surface area contributed by atoms with E-state index in [-0.39, 0.29) is 28.9 Å². The molecule has 1 aliphatic carbocycles. The summed E-state index contributed by atoms with van der Waals surface area (Å²) in [6, 6.07) is 0. The molecule has 0 spiro atoms. The zero-order chi connectivity index (χ0) is 12.7. The quantitative estimate of drug-likeness (QED) is 0.571. The van der Waals surface area contributed by atoms with Gasteiger partial charge in [-0.05, 0) is 12.8 Å². The van der Waals surface area contributed by atoms with E-state index >= 15 is 0 Å². The number of esters is 2. The summed E-state index contributed by atoms with van der Waals surface area (Å²) in [4.78, 5) is 22.2. The van der Waals surface area contributed by atoms with Crippen LogP contribution in [0.25, 0.3) is 0 Å². The first-order chi connectivity index (χ1) is 8.12. The molecule has 0 N–H and O–H groups in total. The molecular weight excluding hydrogens is 260 g/mol. The molecule has 0 amide bonds. The highest BCUT2D eigenvalue weighted by Gasteiger charge is 2.36. The summed E-state index contributed by atoms with van der Waals surface area (Å²) >= 11 is 7.70. The van der Waals surface area contributed by atoms with Crippen molar-refractivity contribution in [1.29, 1.82) is 0 Å². The van der Waals surface area contributed by atoms with Crippen molar-refractivity contribution in [3.63, 3.8) is 0 Å². The maximum atomic E-state index is 11.1. The molecule has 0 saturated heterocycles. The zero-order valence-electron chi connectivity index (χ0n) is 9.68. The molecular formula is C11H18O4S2. The number of hydrogen-bond donors (Lipinski definition) is 2. The molecule has 0 unspecified atom stereocenters. The number of ether oxygens (including phenoxy) is 2. The van der Waals surface area contributed by atoms with E-state index in [9.17, 15) is 9.59 Å². The lowest BCUT2D eigenvalue weighted by Gasteiger charge is -2.27. The molecule has 0 aliphatic heterocycles. The topological polar surface area (TPSA) is 52.6 Å². The SMILES string of the molecule is O=C(CS)OCC1(COC(=O)CS)CCCC1. The first-order valence-corrected chi connectivity index (χ1v) is 6.91. The summed E-state index contributed by atoms with van der Waals surface area (Å²) in [5, 5.41) is 0. The van der Waals surface area contributed by atoms with E-state index < -0.39 is 0 Å². The van der Waals surface area contributed by atoms with E-state index in [1.165, 1.54) is 0 Å². The Bertz CT molecular complexity index is 253. The Morgan fingerprint density at radius 2 is 1.35 bits per heavy atom. The summed E-state index contributed by atoms with van der Waals surface area (Å²) in [5.41, 5.74) is -0.197. The number of carbonyl (C=O) groups is 2. The van der Waals surface area contributed by atoms with E-state index in [4.69, 9.17) is 9.47 Å². The Morgan fingerprint density at radius 1 is 0.941 bits per heavy atom. The fraction of sp³-hybridized carbons (Fsp3) is 0.818. The van der Waals surface area contributed by atoms with Crippen LogP contribution in [0.5, 0.6) is 0 Å². The van der Waals surface area contributed by atoms with Gasteiger partial charge in [-0.1, -0.05) is 12.8 Å². The van der Waals surface area contributed by atoms with E-state index in [0.717, 1.165) is 25.7 Å². The Balaban J connectivity index is 2.44. The monoisotopic (exact) mass is 278 g/mol. The molecule has 1 fully saturated rings. The second-order valence-electron chi connectivity index (χ2n) is 4.34. The molecule has 1 aliphatic rings. The summed E-state index contributed by atoms with van der Waals surface area (Å²) in [6.07, 6.45) is 4.01. The molecule has 0 aromatic carbocycles. The molecule has 17 heavy (non-hydrogen) atoms. The van der Waals surface area contributed by atoms with Crippen molar-refractivity contribution in [3.8, 4) is 0 Å². The number of rotatable bonds is 6. The number of carbonyl (C=O) groups excluding carboxylic acids is 2. The van der Waals surface area contributed by atoms with Crippen LogP contribution in [0.15, 0.2) is 0 Å². The molecule has 4 nitrogen and oxygen atoms in total. The zero-order valence-corrected chi connectivity index (χ0v) is 11.5. The van der Waals surface area contributed by atoms with Crippen LogP contribution in [0.4, 0.5) is 0 Å². The first kappa shape index (κ1) is 14.7. The minimum Gasteiger partial charge on any atom is -0.464 e. The average molecular weight is 278 g/mol. The van der Waals surface area contributed by atoms with Gasteiger partial charge in [0.05, 0.1) is 11.5 Å². The third-order valence-corrected chi connectivity index (χ3v) is 3.52. The molecule has 0 aromatic rings. The molecule has 0 atom stereocenters. The van der Waals surface area contributed by atoms with Crippen LogP contribution in [-0.4, -0.2) is 36.7 Å². The van der Waals surface area contributed by atoms with Crippen LogP contribution in [-0.2, 0) is 19.1 Å². The lowest BCUT2D eigenvalue weighted by atomic mass is 9.88. The van der Waals surface area contributed by atoms with Crippen molar-refractivity contribution in [1.82, 2.24) is 0 Å². The minimum absolute atomic E-state index is 0.0759. The highest BCUT2D eigenvalue weighted by Crippen LogP contribution is 2.38. The minimum atomic E-state index is -0.333. The highest BCUT2D eigenvalue weighted by atomic mass is 32.1. The normalized spacial score (nSPS) is 17.8. The number of thiol groups is 2. The summed E-state index contributed by atoms with van der Waals surface area (Å²) in [6.45, 7) is 0.624. The van der Waals surface area contributed by atoms with Crippen molar-refractivity contribution >= 4 is 37.2 Å². The van der Waals surface area contributed by atoms with Crippen molar-refractivity contribution in [2.24, 2.45) is 5.41 Å². The van der Waals surface area contributed by atoms with Crippen molar-refractivity contribution in [2.75, 3.05) is 24.7 Å². The predicted molar refractivity (Wildman–Crippen MR) is 70.5 cm³/mol. The summed E-state index contributed by atoms with van der Waals surface area (Å²) < 4.78 is 10.2. The Kier molecular flexibility index (Phi) is 6.19. The predicted octanol–water partition coefficient (Wildman–Crippen LogP) is 1.49. The van der Waals surface area contributed by atoms with Gasteiger partial charge in [-0.2, -0.15) is 25.3 Å². The first-order valence-electron chi connectivity index (χ1n) is 5.65. The van der Waals surface area contributed by atoms with Crippen LogP contribution < -0.4 is 0 Å². The van der Waals surface area contributed by atoms with Gasteiger partial charge in [0.2, 0.25) is 0 Å². The van der Waals surface area contributed by atoms with Gasteiger partial charge in [-0.15, -0.1) is 0 Å². The summed E-state index contributed by atoms with van der Waals surface area (Å²) in [5.74, 6) is -0.515. The Hall–Kier alpha value is -0.360. The molecule has 0 bridgehead atoms. The van der Waals surface area contributed by atoms with Crippen LogP contribution in [0.1, 0.15) is 25.7 Å². The lowest BCUT2D eigenvalue weighted by molar-refractivity contribution is -0.150. The fourth-order valence-electron chi connectivity index (χ4n) is 2.01. The van der Waals surface area contributed by atoms with Gasteiger partial charge < -0.3 is 9.47 Å². The van der Waals surface area contributed by atoms with E-state index in [2.05, 4.69) is 25.3 Å². The lowest BCUT2D eigenvalue weighted by Crippen LogP contribution is -2.32. The maximum Gasteiger partial charge on any atom is 0.315 e. The number of hydrogen-bond acceptors (Lipinski definition) is 6. The van der Waals surface area contributed by atoms with Crippen LogP contribution in [0, 0.1) is 5.41 Å². The second-order valence-corrected chi connectivity index (χ2v) is 4.98. The van der Waals surface area contributed by atoms with E-state index in [1.807, 2.05) is 0 Å². The summed E-state index contributed by atoms with van der Waals surface area (Å²) in [7, 11) is 0. The van der Waals surface area contributed by atoms with Gasteiger partial charge in [0.25, 0.3) is 0 Å². The average Bonchev–Trinajstić information content (AvgIpc) is 2.82. The standard InChI is InChI=1S/C11H18O4S2/c12-9(5-16)14-7-11(3-1-2-4-11)8-15-10(13)6-17/h16-17H,1-8H2. The third kappa shape index (κ3) is 4.79. The molecule has 0 radical (unpaired) electrons. The van der Waals surface area contributed by atoms with Crippen molar-refractivity contribution in [2.45, 2.75) is 25.7 Å². The molecule has 1 rings (SSSR count). The van der Waals surface area contributed by atoms with Crippen molar-refractivity contribution in [3.05, 3.63) is 0 Å². The van der Waals surface area contributed by atoms with Gasteiger partial charge in [-0.25, -0.2) is 0 Å². The van der Waals surface area contributed by atoms with Crippen LogP contribution in [0.2, 0.25) is 0 Å². The molecule has 0 aromatic heterocycles. The van der Waals surface area contributed by atoms with Crippen LogP contribution >= 0.6 is 25.3 Å². The van der Waals surface area contributed by atoms with Gasteiger partial charge in [0.1, 0.15) is 13.2 Å². The smallest absolute Gasteiger partial charge is 0.315 e. The highest BCUT2D eigenvalue weighted by molar-refractivity contribution is 7.81. The van der Waals surface area contributed by atoms with Gasteiger partial charge in [-0.3, -0.25) is 9.59 Å². The molecule has 6 heteroatoms. The molecule has 98 valence electrons. The Labute approximate surface area is 112 Å². The third-order valence-electron chi connectivity index (χ3n) is 3.00. The maximum absolute atomic E-state index is 11.1. The van der Waals surface area contributed by atoms with Crippen molar-refractivity contribution < 1.29 is 19.1 Å². The Morgan fingerprint density at radius 3 is 1.71 bits per heavy atom. The fourth-order valence-corrected chi connectivity index (χ4v) is 2.20. The van der Waals surface area contributed by atoms with Gasteiger partial charge in [0, 0.05) is 5.41 Å². The molecule has 1 saturated carbocycles. The van der Waals surface area contributed by atoms with Gasteiger partial charge in [0.15, 0.2) is 0 Å². The largest absolute Gasteiger partial charge is 0.464 e. The van der Waals surface area contributed by atoms with Crippen LogP contribution in [0.3, 0.4) is 0 Å². The van der Waals surface area contributed by atoms with E-state index in [0.29, 0.717) is 13.2 Å². The second kappa shape index (κ2) is 7.16. The van der Waals surface area contributed by atoms with E-state index in [1.54, 1.807) is 0 Å². The molecule has 0 heterocycles. The van der Waals surface area contributed by atoms with Gasteiger partial charge >= 0.3 is 11.9 Å².